The Hall–Kier alpha value is -1.06. The fourth-order valence-corrected chi connectivity index (χ4v) is 4.07. The third kappa shape index (κ3) is 3.98. The molecule has 2 aliphatic rings. The van der Waals surface area contributed by atoms with Crippen LogP contribution < -0.4 is 0 Å². The molecule has 0 radical (unpaired) electrons. The van der Waals surface area contributed by atoms with E-state index < -0.39 is 5.97 Å². The molecule has 1 heterocycles. The Balaban J connectivity index is 1.96. The van der Waals surface area contributed by atoms with E-state index in [9.17, 15) is 14.7 Å². The van der Waals surface area contributed by atoms with E-state index in [1.807, 2.05) is 11.8 Å². The first-order valence-corrected chi connectivity index (χ1v) is 8.54. The first-order valence-electron chi connectivity index (χ1n) is 8.54. The summed E-state index contributed by atoms with van der Waals surface area (Å²) in [6.45, 7) is 5.08. The van der Waals surface area contributed by atoms with Crippen LogP contribution in [0.3, 0.4) is 0 Å². The fraction of sp³-hybridized carbons (Fsp3) is 0.882. The minimum atomic E-state index is -0.763. The van der Waals surface area contributed by atoms with Gasteiger partial charge >= 0.3 is 5.97 Å². The van der Waals surface area contributed by atoms with Gasteiger partial charge in [-0.25, -0.2) is 0 Å². The van der Waals surface area contributed by atoms with Crippen LogP contribution >= 0.6 is 0 Å². The van der Waals surface area contributed by atoms with Gasteiger partial charge in [0.15, 0.2) is 0 Å². The molecule has 120 valence electrons. The van der Waals surface area contributed by atoms with Crippen LogP contribution in [0.25, 0.3) is 0 Å². The summed E-state index contributed by atoms with van der Waals surface area (Å²) in [5, 5.41) is 9.22. The highest BCUT2D eigenvalue weighted by atomic mass is 16.4. The van der Waals surface area contributed by atoms with E-state index in [1.165, 1.54) is 25.7 Å². The third-order valence-electron chi connectivity index (χ3n) is 5.32. The maximum Gasteiger partial charge on any atom is 0.308 e. The SMILES string of the molecule is CCCC(CC1CCCC1)C(=O)N1C[C@@H](C)[C@H](C(=O)O)C1. The van der Waals surface area contributed by atoms with Gasteiger partial charge in [-0.15, -0.1) is 0 Å². The molecule has 21 heavy (non-hydrogen) atoms. The number of carboxylic acids is 1. The summed E-state index contributed by atoms with van der Waals surface area (Å²) in [6, 6.07) is 0. The summed E-state index contributed by atoms with van der Waals surface area (Å²) in [4.78, 5) is 25.8. The van der Waals surface area contributed by atoms with Crippen LogP contribution in [0, 0.1) is 23.7 Å². The van der Waals surface area contributed by atoms with Crippen molar-refractivity contribution in [3.05, 3.63) is 0 Å². The molecule has 1 N–H and O–H groups in total. The second-order valence-electron chi connectivity index (χ2n) is 7.04. The second-order valence-corrected chi connectivity index (χ2v) is 7.04. The second kappa shape index (κ2) is 7.28. The Morgan fingerprint density at radius 3 is 2.43 bits per heavy atom. The molecule has 0 bridgehead atoms. The average Bonchev–Trinajstić information content (AvgIpc) is 3.06. The topological polar surface area (TPSA) is 57.6 Å². The fourth-order valence-electron chi connectivity index (χ4n) is 4.07. The Morgan fingerprint density at radius 1 is 1.24 bits per heavy atom. The van der Waals surface area contributed by atoms with Crippen LogP contribution in [0.2, 0.25) is 0 Å². The number of carboxylic acid groups (broad SMARTS) is 1. The molecule has 0 aromatic rings. The summed E-state index contributed by atoms with van der Waals surface area (Å²) >= 11 is 0. The van der Waals surface area contributed by atoms with Gasteiger partial charge in [0.25, 0.3) is 0 Å². The molecule has 2 fully saturated rings. The molecule has 0 aromatic heterocycles. The molecule has 0 spiro atoms. The molecule has 4 nitrogen and oxygen atoms in total. The predicted octanol–water partition coefficient (Wildman–Crippen LogP) is 3.16. The number of carbonyl (C=O) groups is 2. The van der Waals surface area contributed by atoms with Crippen molar-refractivity contribution in [3.8, 4) is 0 Å². The highest BCUT2D eigenvalue weighted by Crippen LogP contribution is 2.34. The summed E-state index contributed by atoms with van der Waals surface area (Å²) in [6.07, 6.45) is 8.12. The van der Waals surface area contributed by atoms with E-state index >= 15 is 0 Å². The third-order valence-corrected chi connectivity index (χ3v) is 5.32. The minimum Gasteiger partial charge on any atom is -0.481 e. The highest BCUT2D eigenvalue weighted by molar-refractivity contribution is 5.81. The van der Waals surface area contributed by atoms with Gasteiger partial charge in [0, 0.05) is 19.0 Å². The standard InChI is InChI=1S/C17H29NO3/c1-3-6-14(9-13-7-4-5-8-13)16(19)18-10-12(2)15(11-18)17(20)21/h12-15H,3-11H2,1-2H3,(H,20,21)/t12-,14?,15-/m1/s1. The molecule has 0 aromatic carbocycles. The van der Waals surface area contributed by atoms with E-state index in [0.29, 0.717) is 19.0 Å². The molecule has 3 atom stereocenters. The van der Waals surface area contributed by atoms with Crippen LogP contribution in [0.4, 0.5) is 0 Å². The summed E-state index contributed by atoms with van der Waals surface area (Å²) in [5.74, 6) is -0.0541. The zero-order chi connectivity index (χ0) is 15.4. The van der Waals surface area contributed by atoms with Crippen molar-refractivity contribution >= 4 is 11.9 Å². The molecule has 1 saturated carbocycles. The van der Waals surface area contributed by atoms with Gasteiger partial charge in [0.2, 0.25) is 5.91 Å². The normalized spacial score (nSPS) is 28.0. The van der Waals surface area contributed by atoms with Crippen molar-refractivity contribution in [2.45, 2.75) is 58.8 Å². The van der Waals surface area contributed by atoms with Gasteiger partial charge in [-0.3, -0.25) is 9.59 Å². The number of hydrogen-bond donors (Lipinski definition) is 1. The van der Waals surface area contributed by atoms with Gasteiger partial charge in [0.1, 0.15) is 0 Å². The zero-order valence-corrected chi connectivity index (χ0v) is 13.4. The van der Waals surface area contributed by atoms with Crippen molar-refractivity contribution in [1.29, 1.82) is 0 Å². The van der Waals surface area contributed by atoms with Gasteiger partial charge in [-0.1, -0.05) is 46.0 Å². The largest absolute Gasteiger partial charge is 0.481 e. The predicted molar refractivity (Wildman–Crippen MR) is 81.8 cm³/mol. The lowest BCUT2D eigenvalue weighted by atomic mass is 9.89. The number of rotatable bonds is 6. The molecule has 1 aliphatic carbocycles. The zero-order valence-electron chi connectivity index (χ0n) is 13.4. The highest BCUT2D eigenvalue weighted by Gasteiger charge is 2.39. The van der Waals surface area contributed by atoms with E-state index in [1.54, 1.807) is 0 Å². The van der Waals surface area contributed by atoms with E-state index in [0.717, 1.165) is 19.3 Å². The molecule has 1 amide bonds. The summed E-state index contributed by atoms with van der Waals surface area (Å²) < 4.78 is 0. The molecule has 1 saturated heterocycles. The van der Waals surface area contributed by atoms with Gasteiger partial charge < -0.3 is 10.0 Å². The van der Waals surface area contributed by atoms with Crippen molar-refractivity contribution in [2.24, 2.45) is 23.7 Å². The number of aliphatic carboxylic acids is 1. The van der Waals surface area contributed by atoms with Gasteiger partial charge in [-0.05, 0) is 24.7 Å². The number of likely N-dealkylation sites (tertiary alicyclic amines) is 1. The lowest BCUT2D eigenvalue weighted by Crippen LogP contribution is -2.36. The number of nitrogens with zero attached hydrogens (tertiary/aromatic N) is 1. The van der Waals surface area contributed by atoms with Crippen molar-refractivity contribution < 1.29 is 14.7 Å². The maximum atomic E-state index is 12.8. The number of hydrogen-bond acceptors (Lipinski definition) is 2. The van der Waals surface area contributed by atoms with Gasteiger partial charge in [-0.2, -0.15) is 0 Å². The van der Waals surface area contributed by atoms with Gasteiger partial charge in [0.05, 0.1) is 5.92 Å². The van der Waals surface area contributed by atoms with Crippen LogP contribution in [0.15, 0.2) is 0 Å². The minimum absolute atomic E-state index is 0.0696. The van der Waals surface area contributed by atoms with Crippen LogP contribution in [0.1, 0.15) is 58.8 Å². The smallest absolute Gasteiger partial charge is 0.308 e. The molecule has 1 unspecified atom stereocenters. The maximum absolute atomic E-state index is 12.8. The Labute approximate surface area is 127 Å². The summed E-state index contributed by atoms with van der Waals surface area (Å²) in [5.41, 5.74) is 0. The molecular weight excluding hydrogens is 266 g/mol. The quantitative estimate of drug-likeness (QED) is 0.819. The lowest BCUT2D eigenvalue weighted by Gasteiger charge is -2.25. The number of carbonyl (C=O) groups excluding carboxylic acids is 1. The first-order chi connectivity index (χ1) is 10.0. The van der Waals surface area contributed by atoms with E-state index in [2.05, 4.69) is 6.92 Å². The van der Waals surface area contributed by atoms with Crippen LogP contribution in [0.5, 0.6) is 0 Å². The molecule has 2 rings (SSSR count). The Bertz CT molecular complexity index is 376. The lowest BCUT2D eigenvalue weighted by molar-refractivity contribution is -0.142. The monoisotopic (exact) mass is 295 g/mol. The Morgan fingerprint density at radius 2 is 1.90 bits per heavy atom. The van der Waals surface area contributed by atoms with E-state index in [-0.39, 0.29) is 23.7 Å². The molecule has 4 heteroatoms. The Kier molecular flexibility index (Phi) is 5.65. The number of amides is 1. The van der Waals surface area contributed by atoms with Crippen molar-refractivity contribution in [3.63, 3.8) is 0 Å². The van der Waals surface area contributed by atoms with E-state index in [4.69, 9.17) is 0 Å². The van der Waals surface area contributed by atoms with Crippen molar-refractivity contribution in [2.75, 3.05) is 13.1 Å². The molecule has 1 aliphatic heterocycles. The van der Waals surface area contributed by atoms with Crippen LogP contribution in [-0.4, -0.2) is 35.0 Å². The molecular formula is C17H29NO3. The summed E-state index contributed by atoms with van der Waals surface area (Å²) in [7, 11) is 0. The average molecular weight is 295 g/mol. The van der Waals surface area contributed by atoms with Crippen molar-refractivity contribution in [1.82, 2.24) is 4.90 Å². The van der Waals surface area contributed by atoms with Crippen LogP contribution in [-0.2, 0) is 9.59 Å². The first kappa shape index (κ1) is 16.3.